The SMILES string of the molecule is CCCNC(Cc1ccoc1)CC(C)C. The van der Waals surface area contributed by atoms with Gasteiger partial charge in [-0.2, -0.15) is 0 Å². The summed E-state index contributed by atoms with van der Waals surface area (Å²) in [5.74, 6) is 0.742. The van der Waals surface area contributed by atoms with Gasteiger partial charge in [-0.1, -0.05) is 20.8 Å². The lowest BCUT2D eigenvalue weighted by Gasteiger charge is -2.19. The summed E-state index contributed by atoms with van der Waals surface area (Å²) >= 11 is 0. The Kier molecular flexibility index (Phi) is 5.48. The summed E-state index contributed by atoms with van der Waals surface area (Å²) in [5.41, 5.74) is 1.30. The van der Waals surface area contributed by atoms with E-state index in [9.17, 15) is 0 Å². The first kappa shape index (κ1) is 12.3. The van der Waals surface area contributed by atoms with Gasteiger partial charge in [0.1, 0.15) is 0 Å². The Morgan fingerprint density at radius 2 is 2.20 bits per heavy atom. The number of hydrogen-bond acceptors (Lipinski definition) is 2. The van der Waals surface area contributed by atoms with Crippen LogP contribution in [0, 0.1) is 5.92 Å². The van der Waals surface area contributed by atoms with Crippen molar-refractivity contribution in [1.82, 2.24) is 5.32 Å². The molecule has 1 heterocycles. The number of furan rings is 1. The zero-order valence-corrected chi connectivity index (χ0v) is 10.1. The van der Waals surface area contributed by atoms with Crippen LogP contribution in [0.15, 0.2) is 23.0 Å². The summed E-state index contributed by atoms with van der Waals surface area (Å²) in [4.78, 5) is 0. The highest BCUT2D eigenvalue weighted by Crippen LogP contribution is 2.11. The molecule has 0 bridgehead atoms. The average Bonchev–Trinajstić information content (AvgIpc) is 2.66. The van der Waals surface area contributed by atoms with E-state index in [1.807, 2.05) is 6.26 Å². The molecule has 2 heteroatoms. The minimum atomic E-state index is 0.586. The fraction of sp³-hybridized carbons (Fsp3) is 0.692. The fourth-order valence-electron chi connectivity index (χ4n) is 1.85. The predicted octanol–water partition coefficient (Wildman–Crippen LogP) is 3.24. The molecule has 2 nitrogen and oxygen atoms in total. The summed E-state index contributed by atoms with van der Waals surface area (Å²) in [6.07, 6.45) is 7.10. The Morgan fingerprint density at radius 3 is 2.73 bits per heavy atom. The third-order valence-electron chi connectivity index (χ3n) is 2.50. The molecule has 0 radical (unpaired) electrons. The molecular weight excluding hydrogens is 186 g/mol. The monoisotopic (exact) mass is 209 g/mol. The Balaban J connectivity index is 2.41. The molecule has 1 atom stereocenters. The second-order valence-electron chi connectivity index (χ2n) is 4.62. The van der Waals surface area contributed by atoms with E-state index in [0.29, 0.717) is 6.04 Å². The maximum absolute atomic E-state index is 5.10. The molecule has 0 aliphatic carbocycles. The fourth-order valence-corrected chi connectivity index (χ4v) is 1.85. The number of nitrogens with one attached hydrogen (secondary N) is 1. The van der Waals surface area contributed by atoms with Crippen molar-refractivity contribution in [3.63, 3.8) is 0 Å². The van der Waals surface area contributed by atoms with Crippen LogP contribution < -0.4 is 5.32 Å². The maximum Gasteiger partial charge on any atom is 0.0935 e. The van der Waals surface area contributed by atoms with E-state index in [1.165, 1.54) is 18.4 Å². The maximum atomic E-state index is 5.10. The minimum Gasteiger partial charge on any atom is -0.472 e. The van der Waals surface area contributed by atoms with E-state index >= 15 is 0 Å². The summed E-state index contributed by atoms with van der Waals surface area (Å²) in [5, 5.41) is 3.60. The Bertz CT molecular complexity index is 241. The molecule has 0 aliphatic rings. The van der Waals surface area contributed by atoms with Gasteiger partial charge in [0.15, 0.2) is 0 Å². The van der Waals surface area contributed by atoms with Gasteiger partial charge >= 0.3 is 0 Å². The molecule has 1 aromatic heterocycles. The third kappa shape index (κ3) is 5.03. The smallest absolute Gasteiger partial charge is 0.0935 e. The largest absolute Gasteiger partial charge is 0.472 e. The van der Waals surface area contributed by atoms with Gasteiger partial charge in [-0.25, -0.2) is 0 Å². The van der Waals surface area contributed by atoms with Gasteiger partial charge in [0.2, 0.25) is 0 Å². The Morgan fingerprint density at radius 1 is 1.40 bits per heavy atom. The van der Waals surface area contributed by atoms with Crippen molar-refractivity contribution in [2.75, 3.05) is 6.54 Å². The normalized spacial score (nSPS) is 13.3. The second-order valence-corrected chi connectivity index (χ2v) is 4.62. The predicted molar refractivity (Wildman–Crippen MR) is 63.9 cm³/mol. The van der Waals surface area contributed by atoms with E-state index in [0.717, 1.165) is 18.9 Å². The highest BCUT2D eigenvalue weighted by atomic mass is 16.3. The molecule has 1 unspecified atom stereocenters. The molecular formula is C13H23NO. The van der Waals surface area contributed by atoms with Crippen LogP contribution >= 0.6 is 0 Å². The van der Waals surface area contributed by atoms with Crippen LogP contribution in [-0.2, 0) is 6.42 Å². The van der Waals surface area contributed by atoms with Crippen LogP contribution in [0.2, 0.25) is 0 Å². The van der Waals surface area contributed by atoms with Crippen molar-refractivity contribution in [3.8, 4) is 0 Å². The lowest BCUT2D eigenvalue weighted by Crippen LogP contribution is -2.32. The first-order chi connectivity index (χ1) is 7.22. The highest BCUT2D eigenvalue weighted by molar-refractivity contribution is 5.07. The third-order valence-corrected chi connectivity index (χ3v) is 2.50. The van der Waals surface area contributed by atoms with E-state index in [-0.39, 0.29) is 0 Å². The van der Waals surface area contributed by atoms with Crippen LogP contribution in [0.3, 0.4) is 0 Å². The van der Waals surface area contributed by atoms with Crippen LogP contribution in [0.4, 0.5) is 0 Å². The summed E-state index contributed by atoms with van der Waals surface area (Å²) in [7, 11) is 0. The molecule has 0 fully saturated rings. The zero-order chi connectivity index (χ0) is 11.1. The van der Waals surface area contributed by atoms with Crippen molar-refractivity contribution in [2.24, 2.45) is 5.92 Å². The molecule has 0 spiro atoms. The first-order valence-electron chi connectivity index (χ1n) is 5.96. The summed E-state index contributed by atoms with van der Waals surface area (Å²) in [6.45, 7) is 7.86. The lowest BCUT2D eigenvalue weighted by atomic mass is 9.98. The molecule has 0 amide bonds. The lowest BCUT2D eigenvalue weighted by molar-refractivity contribution is 0.415. The van der Waals surface area contributed by atoms with Crippen molar-refractivity contribution in [3.05, 3.63) is 24.2 Å². The molecule has 0 aromatic carbocycles. The topological polar surface area (TPSA) is 25.2 Å². The van der Waals surface area contributed by atoms with Crippen LogP contribution in [-0.4, -0.2) is 12.6 Å². The molecule has 0 saturated carbocycles. The van der Waals surface area contributed by atoms with Crippen molar-refractivity contribution in [1.29, 1.82) is 0 Å². The van der Waals surface area contributed by atoms with Gasteiger partial charge in [-0.05, 0) is 43.4 Å². The van der Waals surface area contributed by atoms with Gasteiger partial charge in [-0.15, -0.1) is 0 Å². The molecule has 86 valence electrons. The highest BCUT2D eigenvalue weighted by Gasteiger charge is 2.11. The number of rotatable bonds is 7. The van der Waals surface area contributed by atoms with Crippen LogP contribution in [0.5, 0.6) is 0 Å². The van der Waals surface area contributed by atoms with Gasteiger partial charge < -0.3 is 9.73 Å². The second kappa shape index (κ2) is 6.67. The van der Waals surface area contributed by atoms with Crippen LogP contribution in [0.1, 0.15) is 39.2 Å². The van der Waals surface area contributed by atoms with Gasteiger partial charge in [0.25, 0.3) is 0 Å². The van der Waals surface area contributed by atoms with E-state index in [4.69, 9.17) is 4.42 Å². The first-order valence-corrected chi connectivity index (χ1v) is 5.96. The van der Waals surface area contributed by atoms with E-state index in [1.54, 1.807) is 6.26 Å². The summed E-state index contributed by atoms with van der Waals surface area (Å²) < 4.78 is 5.10. The Labute approximate surface area is 93.1 Å². The average molecular weight is 209 g/mol. The zero-order valence-electron chi connectivity index (χ0n) is 10.1. The molecule has 1 rings (SSSR count). The Hall–Kier alpha value is -0.760. The number of hydrogen-bond donors (Lipinski definition) is 1. The van der Waals surface area contributed by atoms with Crippen molar-refractivity contribution in [2.45, 2.75) is 46.1 Å². The molecule has 1 aromatic rings. The van der Waals surface area contributed by atoms with E-state index < -0.39 is 0 Å². The van der Waals surface area contributed by atoms with Gasteiger partial charge in [0, 0.05) is 6.04 Å². The quantitative estimate of drug-likeness (QED) is 0.745. The minimum absolute atomic E-state index is 0.586. The van der Waals surface area contributed by atoms with Crippen LogP contribution in [0.25, 0.3) is 0 Å². The van der Waals surface area contributed by atoms with Crippen molar-refractivity contribution < 1.29 is 4.42 Å². The summed E-state index contributed by atoms with van der Waals surface area (Å²) in [6, 6.07) is 2.64. The molecule has 15 heavy (non-hydrogen) atoms. The van der Waals surface area contributed by atoms with Crippen molar-refractivity contribution >= 4 is 0 Å². The van der Waals surface area contributed by atoms with Gasteiger partial charge in [-0.3, -0.25) is 0 Å². The van der Waals surface area contributed by atoms with Gasteiger partial charge in [0.05, 0.1) is 12.5 Å². The standard InChI is InChI=1S/C13H23NO/c1-4-6-14-13(8-11(2)3)9-12-5-7-15-10-12/h5,7,10-11,13-14H,4,6,8-9H2,1-3H3. The molecule has 0 saturated heterocycles. The molecule has 0 aliphatic heterocycles. The van der Waals surface area contributed by atoms with E-state index in [2.05, 4.69) is 32.2 Å². The molecule has 1 N–H and O–H groups in total.